The summed E-state index contributed by atoms with van der Waals surface area (Å²) in [5, 5.41) is 20.5. The number of nitrogens with one attached hydrogen (secondary N) is 1. The first kappa shape index (κ1) is 18.3. The van der Waals surface area contributed by atoms with Crippen LogP contribution in [-0.4, -0.2) is 41.7 Å². The molecule has 1 aromatic rings. The number of aldehydes is 1. The molecule has 20 heavy (non-hydrogen) atoms. The van der Waals surface area contributed by atoms with Gasteiger partial charge in [0.25, 0.3) is 5.91 Å². The van der Waals surface area contributed by atoms with Crippen LogP contribution in [0.4, 0.5) is 5.69 Å². The van der Waals surface area contributed by atoms with Crippen molar-refractivity contribution in [2.24, 2.45) is 0 Å². The van der Waals surface area contributed by atoms with Gasteiger partial charge in [0.1, 0.15) is 0 Å². The van der Waals surface area contributed by atoms with Gasteiger partial charge in [-0.1, -0.05) is 0 Å². The summed E-state index contributed by atoms with van der Waals surface area (Å²) < 4.78 is 1.67. The smallest absolute Gasteiger partial charge is 0.253 e. The highest BCUT2D eigenvalue weighted by molar-refractivity contribution is 14.1. The summed E-state index contributed by atoms with van der Waals surface area (Å²) in [6.45, 7) is -0.521. The first-order valence-corrected chi connectivity index (χ1v) is 8.56. The van der Waals surface area contributed by atoms with E-state index in [9.17, 15) is 14.7 Å². The van der Waals surface area contributed by atoms with Gasteiger partial charge in [0.2, 0.25) is 0 Å². The standard InChI is InChI=1S/C11H11I3N2O4/c12-7-5(3-18)8(13)10(15)9(14)6(7)11(20)16-1-4(19)2-17/h3-4,17,19H,1-2,15H2,(H,16,20). The minimum Gasteiger partial charge on any atom is -0.397 e. The van der Waals surface area contributed by atoms with Crippen molar-refractivity contribution in [3.63, 3.8) is 0 Å². The molecular formula is C11H11I3N2O4. The lowest BCUT2D eigenvalue weighted by Gasteiger charge is -2.15. The third kappa shape index (κ3) is 3.92. The maximum atomic E-state index is 12.2. The number of carbonyl (C=O) groups is 2. The molecule has 0 spiro atoms. The van der Waals surface area contributed by atoms with Crippen LogP contribution in [0.2, 0.25) is 0 Å². The normalized spacial score (nSPS) is 12.1. The molecule has 0 saturated heterocycles. The Labute approximate surface area is 156 Å². The predicted molar refractivity (Wildman–Crippen MR) is 99.8 cm³/mol. The Morgan fingerprint density at radius 3 is 2.40 bits per heavy atom. The Bertz CT molecular complexity index is 551. The van der Waals surface area contributed by atoms with E-state index in [1.807, 2.05) is 67.8 Å². The largest absolute Gasteiger partial charge is 0.397 e. The van der Waals surface area contributed by atoms with E-state index in [1.165, 1.54) is 0 Å². The Balaban J connectivity index is 3.21. The predicted octanol–water partition coefficient (Wildman–Crippen LogP) is 0.978. The maximum absolute atomic E-state index is 12.2. The Morgan fingerprint density at radius 2 is 1.90 bits per heavy atom. The van der Waals surface area contributed by atoms with Crippen molar-refractivity contribution in [3.05, 3.63) is 21.8 Å². The second-order valence-corrected chi connectivity index (χ2v) is 7.04. The fraction of sp³-hybridized carbons (Fsp3) is 0.273. The van der Waals surface area contributed by atoms with E-state index in [1.54, 1.807) is 0 Å². The average Bonchev–Trinajstić information content (AvgIpc) is 2.43. The molecule has 0 saturated carbocycles. The lowest BCUT2D eigenvalue weighted by Crippen LogP contribution is -2.35. The molecule has 0 aliphatic carbocycles. The van der Waals surface area contributed by atoms with Crippen LogP contribution in [0.5, 0.6) is 0 Å². The van der Waals surface area contributed by atoms with Gasteiger partial charge in [0.15, 0.2) is 6.29 Å². The van der Waals surface area contributed by atoms with Crippen LogP contribution in [0, 0.1) is 10.7 Å². The van der Waals surface area contributed by atoms with E-state index in [0.717, 1.165) is 0 Å². The fourth-order valence-electron chi connectivity index (χ4n) is 1.37. The van der Waals surface area contributed by atoms with Crippen LogP contribution in [0.3, 0.4) is 0 Å². The molecule has 1 unspecified atom stereocenters. The number of nitrogen functional groups attached to an aromatic ring is 1. The average molecular weight is 616 g/mol. The molecule has 1 aromatic carbocycles. The second-order valence-electron chi connectivity index (χ2n) is 3.81. The van der Waals surface area contributed by atoms with E-state index in [4.69, 9.17) is 10.8 Å². The van der Waals surface area contributed by atoms with E-state index in [-0.39, 0.29) is 6.54 Å². The molecule has 5 N–H and O–H groups in total. The van der Waals surface area contributed by atoms with Crippen molar-refractivity contribution < 1.29 is 19.8 Å². The molecule has 0 aromatic heterocycles. The third-order valence-corrected chi connectivity index (χ3v) is 5.84. The van der Waals surface area contributed by atoms with Gasteiger partial charge in [-0.15, -0.1) is 0 Å². The van der Waals surface area contributed by atoms with Gasteiger partial charge in [0.05, 0.1) is 27.5 Å². The zero-order chi connectivity index (χ0) is 15.4. The second kappa shape index (κ2) is 8.05. The van der Waals surface area contributed by atoms with Crippen molar-refractivity contribution in [1.82, 2.24) is 5.32 Å². The summed E-state index contributed by atoms with van der Waals surface area (Å²) in [7, 11) is 0. The van der Waals surface area contributed by atoms with Crippen molar-refractivity contribution in [2.45, 2.75) is 6.10 Å². The highest BCUT2D eigenvalue weighted by Crippen LogP contribution is 2.32. The van der Waals surface area contributed by atoms with Gasteiger partial charge >= 0.3 is 0 Å². The number of benzene rings is 1. The summed E-state index contributed by atoms with van der Waals surface area (Å²) >= 11 is 5.83. The first-order valence-electron chi connectivity index (χ1n) is 5.33. The highest BCUT2D eigenvalue weighted by atomic mass is 127. The van der Waals surface area contributed by atoms with Gasteiger partial charge in [-0.25, -0.2) is 0 Å². The number of rotatable bonds is 5. The lowest BCUT2D eigenvalue weighted by molar-refractivity contribution is 0.0801. The molecule has 0 aliphatic rings. The van der Waals surface area contributed by atoms with Crippen LogP contribution < -0.4 is 11.1 Å². The molecule has 1 atom stereocenters. The van der Waals surface area contributed by atoms with Gasteiger partial charge in [-0.05, 0) is 67.8 Å². The number of hydrogen-bond donors (Lipinski definition) is 4. The van der Waals surface area contributed by atoms with Crippen molar-refractivity contribution >= 4 is 85.7 Å². The summed E-state index contributed by atoms with van der Waals surface area (Å²) in [6, 6.07) is 0. The number of aliphatic hydroxyl groups is 2. The maximum Gasteiger partial charge on any atom is 0.253 e. The monoisotopic (exact) mass is 616 g/mol. The summed E-state index contributed by atoms with van der Waals surface area (Å²) in [6.07, 6.45) is -0.365. The Hall–Kier alpha value is 0.270. The van der Waals surface area contributed by atoms with E-state index < -0.39 is 18.6 Å². The Morgan fingerprint density at radius 1 is 1.30 bits per heavy atom. The summed E-state index contributed by atoms with van der Waals surface area (Å²) in [5.41, 5.74) is 6.95. The molecule has 0 fully saturated rings. The van der Waals surface area contributed by atoms with Gasteiger partial charge in [-0.2, -0.15) is 0 Å². The first-order chi connectivity index (χ1) is 9.34. The van der Waals surface area contributed by atoms with Crippen LogP contribution in [0.25, 0.3) is 0 Å². The van der Waals surface area contributed by atoms with E-state index >= 15 is 0 Å². The van der Waals surface area contributed by atoms with Crippen LogP contribution >= 0.6 is 67.8 Å². The number of hydrogen-bond acceptors (Lipinski definition) is 5. The fourth-order valence-corrected chi connectivity index (χ4v) is 5.28. The molecule has 6 nitrogen and oxygen atoms in total. The zero-order valence-electron chi connectivity index (χ0n) is 9.99. The highest BCUT2D eigenvalue weighted by Gasteiger charge is 2.23. The molecule has 9 heteroatoms. The summed E-state index contributed by atoms with van der Waals surface area (Å²) in [4.78, 5) is 23.3. The number of halogens is 3. The number of carbonyl (C=O) groups excluding carboxylic acids is 2. The number of anilines is 1. The minimum absolute atomic E-state index is 0.0796. The lowest BCUT2D eigenvalue weighted by atomic mass is 10.1. The summed E-state index contributed by atoms with van der Waals surface area (Å²) in [5.74, 6) is -0.447. The van der Waals surface area contributed by atoms with Gasteiger partial charge < -0.3 is 21.3 Å². The molecule has 0 heterocycles. The quantitative estimate of drug-likeness (QED) is 0.224. The third-order valence-electron chi connectivity index (χ3n) is 2.44. The van der Waals surface area contributed by atoms with Crippen LogP contribution in [-0.2, 0) is 0 Å². The van der Waals surface area contributed by atoms with Crippen molar-refractivity contribution in [1.29, 1.82) is 0 Å². The molecule has 0 bridgehead atoms. The molecule has 0 radical (unpaired) electrons. The van der Waals surface area contributed by atoms with Crippen molar-refractivity contribution in [2.75, 3.05) is 18.9 Å². The molecular weight excluding hydrogens is 605 g/mol. The Kier molecular flexibility index (Phi) is 7.37. The number of aliphatic hydroxyl groups excluding tert-OH is 2. The van der Waals surface area contributed by atoms with Gasteiger partial charge in [-0.3, -0.25) is 9.59 Å². The molecule has 0 aliphatic heterocycles. The SMILES string of the molecule is Nc1c(I)c(C=O)c(I)c(C(=O)NCC(O)CO)c1I. The topological polar surface area (TPSA) is 113 Å². The zero-order valence-corrected chi connectivity index (χ0v) is 16.5. The van der Waals surface area contributed by atoms with Crippen molar-refractivity contribution in [3.8, 4) is 0 Å². The number of nitrogens with two attached hydrogens (primary N) is 1. The number of amides is 1. The van der Waals surface area contributed by atoms with Crippen LogP contribution in [0.1, 0.15) is 20.7 Å². The molecule has 1 rings (SSSR count). The van der Waals surface area contributed by atoms with Gasteiger partial charge in [0, 0.05) is 19.2 Å². The minimum atomic E-state index is -1.03. The molecule has 1 amide bonds. The van der Waals surface area contributed by atoms with E-state index in [2.05, 4.69) is 5.32 Å². The molecule has 110 valence electrons. The van der Waals surface area contributed by atoms with Crippen LogP contribution in [0.15, 0.2) is 0 Å². The van der Waals surface area contributed by atoms with E-state index in [0.29, 0.717) is 33.8 Å².